The first-order valence-electron chi connectivity index (χ1n) is 9.43. The molecule has 1 aliphatic heterocycles. The molecule has 1 aliphatic rings. The van der Waals surface area contributed by atoms with E-state index in [2.05, 4.69) is 15.0 Å². The number of nitrogens with zero attached hydrogens (tertiary/aromatic N) is 5. The van der Waals surface area contributed by atoms with Gasteiger partial charge in [-0.25, -0.2) is 14.1 Å². The highest BCUT2D eigenvalue weighted by molar-refractivity contribution is 5.94. The van der Waals surface area contributed by atoms with Gasteiger partial charge in [0.2, 0.25) is 0 Å². The van der Waals surface area contributed by atoms with E-state index in [1.807, 2.05) is 35.2 Å². The Balaban J connectivity index is 1.33. The number of carbonyl (C=O) groups is 1. The predicted octanol–water partition coefficient (Wildman–Crippen LogP) is 2.37. The van der Waals surface area contributed by atoms with Crippen LogP contribution in [0.25, 0.3) is 5.69 Å². The summed E-state index contributed by atoms with van der Waals surface area (Å²) in [5, 5.41) is 4.08. The average molecular weight is 395 g/mol. The first-order chi connectivity index (χ1) is 14.1. The Bertz CT molecular complexity index is 967. The molecule has 0 spiro atoms. The number of methoxy groups -OCH3 is 1. The van der Waals surface area contributed by atoms with Crippen molar-refractivity contribution in [2.24, 2.45) is 0 Å². The lowest BCUT2D eigenvalue weighted by Crippen LogP contribution is -2.48. The maximum atomic E-state index is 13.9. The molecule has 0 aliphatic carbocycles. The molecule has 0 N–H and O–H groups in total. The summed E-state index contributed by atoms with van der Waals surface area (Å²) < 4.78 is 20.5. The van der Waals surface area contributed by atoms with Crippen molar-refractivity contribution in [1.29, 1.82) is 0 Å². The second kappa shape index (κ2) is 8.40. The number of amides is 1. The van der Waals surface area contributed by atoms with Crippen LogP contribution in [0.3, 0.4) is 0 Å². The average Bonchev–Trinajstić information content (AvgIpc) is 3.29. The summed E-state index contributed by atoms with van der Waals surface area (Å²) in [6, 6.07) is 12.4. The summed E-state index contributed by atoms with van der Waals surface area (Å²) in [5.41, 5.74) is 2.40. The molecule has 1 saturated heterocycles. The zero-order valence-corrected chi connectivity index (χ0v) is 16.2. The third kappa shape index (κ3) is 4.27. The van der Waals surface area contributed by atoms with Crippen molar-refractivity contribution in [3.05, 3.63) is 72.1 Å². The second-order valence-electron chi connectivity index (χ2n) is 6.92. The minimum atomic E-state index is -0.354. The maximum Gasteiger partial charge on any atom is 0.253 e. The van der Waals surface area contributed by atoms with Crippen LogP contribution in [0.1, 0.15) is 15.9 Å². The summed E-state index contributed by atoms with van der Waals surface area (Å²) in [5.74, 6) is -0.0857. The number of carbonyl (C=O) groups excluding carboxylic acids is 1. The van der Waals surface area contributed by atoms with Crippen molar-refractivity contribution >= 4 is 5.91 Å². The Hall–Kier alpha value is -3.26. The predicted molar refractivity (Wildman–Crippen MR) is 105 cm³/mol. The van der Waals surface area contributed by atoms with Crippen LogP contribution in [0.15, 0.2) is 55.1 Å². The van der Waals surface area contributed by atoms with Gasteiger partial charge in [-0.05, 0) is 42.0 Å². The molecule has 150 valence electrons. The van der Waals surface area contributed by atoms with Crippen molar-refractivity contribution in [3.63, 3.8) is 0 Å². The molecule has 7 nitrogen and oxygen atoms in total. The van der Waals surface area contributed by atoms with Crippen LogP contribution in [0.5, 0.6) is 5.75 Å². The van der Waals surface area contributed by atoms with Crippen molar-refractivity contribution in [2.45, 2.75) is 6.54 Å². The first-order valence-corrected chi connectivity index (χ1v) is 9.43. The molecule has 1 amide bonds. The van der Waals surface area contributed by atoms with Crippen molar-refractivity contribution in [2.75, 3.05) is 33.3 Å². The van der Waals surface area contributed by atoms with E-state index in [9.17, 15) is 9.18 Å². The van der Waals surface area contributed by atoms with Gasteiger partial charge >= 0.3 is 0 Å². The Kier molecular flexibility index (Phi) is 5.53. The third-order valence-electron chi connectivity index (χ3n) is 5.08. The van der Waals surface area contributed by atoms with Gasteiger partial charge < -0.3 is 9.64 Å². The number of rotatable bonds is 5. The lowest BCUT2D eigenvalue weighted by atomic mass is 10.1. The Morgan fingerprint density at radius 1 is 1.10 bits per heavy atom. The van der Waals surface area contributed by atoms with Gasteiger partial charge in [0.1, 0.15) is 12.7 Å². The van der Waals surface area contributed by atoms with Crippen LogP contribution in [-0.4, -0.2) is 63.8 Å². The fraction of sp³-hybridized carbons (Fsp3) is 0.286. The molecule has 0 radical (unpaired) electrons. The number of ether oxygens (including phenoxy) is 1. The van der Waals surface area contributed by atoms with Crippen molar-refractivity contribution in [1.82, 2.24) is 24.6 Å². The minimum Gasteiger partial charge on any atom is -0.494 e. The van der Waals surface area contributed by atoms with E-state index in [1.165, 1.54) is 19.5 Å². The van der Waals surface area contributed by atoms with E-state index in [1.54, 1.807) is 17.1 Å². The molecule has 0 atom stereocenters. The van der Waals surface area contributed by atoms with Gasteiger partial charge in [0.05, 0.1) is 12.8 Å². The molecular formula is C21H22FN5O2. The molecule has 29 heavy (non-hydrogen) atoms. The highest BCUT2D eigenvalue weighted by Gasteiger charge is 2.22. The van der Waals surface area contributed by atoms with Crippen LogP contribution in [0.4, 0.5) is 4.39 Å². The number of halogens is 1. The van der Waals surface area contributed by atoms with Crippen molar-refractivity contribution < 1.29 is 13.9 Å². The highest BCUT2D eigenvalue weighted by Crippen LogP contribution is 2.19. The second-order valence-corrected chi connectivity index (χ2v) is 6.92. The van der Waals surface area contributed by atoms with Gasteiger partial charge in [-0.3, -0.25) is 9.69 Å². The fourth-order valence-electron chi connectivity index (χ4n) is 3.46. The minimum absolute atomic E-state index is 0.0188. The Morgan fingerprint density at radius 3 is 2.48 bits per heavy atom. The first kappa shape index (κ1) is 19.1. The monoisotopic (exact) mass is 395 g/mol. The molecule has 1 aromatic heterocycles. The molecule has 8 heteroatoms. The van der Waals surface area contributed by atoms with Gasteiger partial charge in [0.25, 0.3) is 5.91 Å². The molecule has 2 heterocycles. The van der Waals surface area contributed by atoms with Crippen LogP contribution < -0.4 is 4.74 Å². The zero-order valence-electron chi connectivity index (χ0n) is 16.2. The molecule has 3 aromatic rings. The van der Waals surface area contributed by atoms with Gasteiger partial charge in [0.15, 0.2) is 11.6 Å². The van der Waals surface area contributed by atoms with Crippen LogP contribution in [-0.2, 0) is 6.54 Å². The summed E-state index contributed by atoms with van der Waals surface area (Å²) in [4.78, 5) is 20.8. The van der Waals surface area contributed by atoms with E-state index >= 15 is 0 Å². The summed E-state index contributed by atoms with van der Waals surface area (Å²) >= 11 is 0. The summed E-state index contributed by atoms with van der Waals surface area (Å²) in [6.07, 6.45) is 3.09. The molecule has 0 bridgehead atoms. The lowest BCUT2D eigenvalue weighted by molar-refractivity contribution is 0.0628. The quantitative estimate of drug-likeness (QED) is 0.664. The Labute approximate surface area is 168 Å². The van der Waals surface area contributed by atoms with Gasteiger partial charge in [0, 0.05) is 38.3 Å². The standard InChI is InChI=1S/C21H22FN5O2/c1-29-20-7-2-16(12-19(20)22)13-25-8-10-26(11-9-25)21(28)17-3-5-18(6-4-17)27-15-23-14-24-27/h2-7,12,14-15H,8-11,13H2,1H3. The third-order valence-corrected chi connectivity index (χ3v) is 5.08. The molecule has 2 aromatic carbocycles. The molecule has 0 unspecified atom stereocenters. The van der Waals surface area contributed by atoms with E-state index in [4.69, 9.17) is 4.74 Å². The molecule has 4 rings (SSSR count). The van der Waals surface area contributed by atoms with Gasteiger partial charge in [-0.2, -0.15) is 5.10 Å². The number of piperazine rings is 1. The van der Waals surface area contributed by atoms with E-state index in [0.717, 1.165) is 24.3 Å². The number of benzene rings is 2. The van der Waals surface area contributed by atoms with Crippen LogP contribution in [0.2, 0.25) is 0 Å². The SMILES string of the molecule is COc1ccc(CN2CCN(C(=O)c3ccc(-n4cncn4)cc3)CC2)cc1F. The van der Waals surface area contributed by atoms with Gasteiger partial charge in [-0.1, -0.05) is 6.07 Å². The topological polar surface area (TPSA) is 63.5 Å². The summed E-state index contributed by atoms with van der Waals surface area (Å²) in [7, 11) is 1.45. The lowest BCUT2D eigenvalue weighted by Gasteiger charge is -2.34. The van der Waals surface area contributed by atoms with E-state index in [-0.39, 0.29) is 17.5 Å². The molecular weight excluding hydrogens is 373 g/mol. The maximum absolute atomic E-state index is 13.9. The summed E-state index contributed by atoms with van der Waals surface area (Å²) in [6.45, 7) is 3.42. The highest BCUT2D eigenvalue weighted by atomic mass is 19.1. The molecule has 1 fully saturated rings. The van der Waals surface area contributed by atoms with E-state index < -0.39 is 0 Å². The number of hydrogen-bond acceptors (Lipinski definition) is 5. The van der Waals surface area contributed by atoms with Crippen LogP contribution >= 0.6 is 0 Å². The zero-order chi connectivity index (χ0) is 20.2. The van der Waals surface area contributed by atoms with Gasteiger partial charge in [-0.15, -0.1) is 0 Å². The smallest absolute Gasteiger partial charge is 0.253 e. The fourth-order valence-corrected chi connectivity index (χ4v) is 3.46. The largest absolute Gasteiger partial charge is 0.494 e. The number of aromatic nitrogens is 3. The molecule has 0 saturated carbocycles. The van der Waals surface area contributed by atoms with Crippen molar-refractivity contribution in [3.8, 4) is 11.4 Å². The van der Waals surface area contributed by atoms with Crippen LogP contribution in [0, 0.1) is 5.82 Å². The Morgan fingerprint density at radius 2 is 1.86 bits per heavy atom. The number of hydrogen-bond donors (Lipinski definition) is 0. The normalized spacial score (nSPS) is 14.8. The van der Waals surface area contributed by atoms with E-state index in [0.29, 0.717) is 25.2 Å².